The summed E-state index contributed by atoms with van der Waals surface area (Å²) in [5.74, 6) is -0.958. The number of hydrogen-bond donors (Lipinski definition) is 0. The van der Waals surface area contributed by atoms with Crippen molar-refractivity contribution in [2.24, 2.45) is 0 Å². The number of nitrogens with zero attached hydrogens (tertiary/aromatic N) is 3. The van der Waals surface area contributed by atoms with Crippen LogP contribution in [0.4, 0.5) is 5.69 Å². The number of carbonyl (C=O) groups is 4. The van der Waals surface area contributed by atoms with Crippen molar-refractivity contribution in [3.8, 4) is 0 Å². The fraction of sp³-hybridized carbons (Fsp3) is 0.333. The van der Waals surface area contributed by atoms with Crippen LogP contribution in [0.1, 0.15) is 27.3 Å². The number of amides is 3. The number of carbonyl (C=O) groups excluding carboxylic acids is 4. The quantitative estimate of drug-likeness (QED) is 0.550. The third-order valence-electron chi connectivity index (χ3n) is 5.44. The molecule has 0 spiro atoms. The second-order valence-corrected chi connectivity index (χ2v) is 7.13. The lowest BCUT2D eigenvalue weighted by molar-refractivity contribution is -0.123. The third kappa shape index (κ3) is 3.59. The molecule has 2 aliphatic rings. The Morgan fingerprint density at radius 2 is 1.73 bits per heavy atom. The van der Waals surface area contributed by atoms with E-state index in [1.54, 1.807) is 29.2 Å². The minimum absolute atomic E-state index is 0.0870. The third-order valence-corrected chi connectivity index (χ3v) is 5.44. The number of ether oxygens (including phenoxy) is 1. The first-order valence-corrected chi connectivity index (χ1v) is 9.61. The molecule has 9 nitrogen and oxygen atoms in total. The fourth-order valence-electron chi connectivity index (χ4n) is 3.83. The number of methoxy groups -OCH3 is 1. The molecule has 1 atom stereocenters. The first-order chi connectivity index (χ1) is 14.5. The molecule has 2 aliphatic heterocycles. The van der Waals surface area contributed by atoms with E-state index in [0.717, 1.165) is 4.90 Å². The lowest BCUT2D eigenvalue weighted by atomic mass is 10.1. The van der Waals surface area contributed by atoms with E-state index < -0.39 is 12.0 Å². The average Bonchev–Trinajstić information content (AvgIpc) is 3.41. The molecule has 156 valence electrons. The first-order valence-electron chi connectivity index (χ1n) is 9.61. The van der Waals surface area contributed by atoms with Crippen molar-refractivity contribution in [3.05, 3.63) is 54.0 Å². The van der Waals surface area contributed by atoms with E-state index in [1.807, 2.05) is 4.90 Å². The topological polar surface area (TPSA) is 100 Å². The summed E-state index contributed by atoms with van der Waals surface area (Å²) in [5, 5.41) is 0. The Hall–Kier alpha value is -3.46. The Balaban J connectivity index is 1.41. The van der Waals surface area contributed by atoms with Crippen LogP contribution >= 0.6 is 0 Å². The number of anilines is 1. The molecule has 0 radical (unpaired) electrons. The highest BCUT2D eigenvalue weighted by molar-refractivity contribution is 6.22. The van der Waals surface area contributed by atoms with Gasteiger partial charge in [-0.3, -0.25) is 19.3 Å². The van der Waals surface area contributed by atoms with Gasteiger partial charge >= 0.3 is 5.97 Å². The zero-order chi connectivity index (χ0) is 21.3. The van der Waals surface area contributed by atoms with Crippen LogP contribution in [0.15, 0.2) is 47.1 Å². The molecule has 3 amide bonds. The maximum absolute atomic E-state index is 13.0. The predicted molar refractivity (Wildman–Crippen MR) is 105 cm³/mol. The summed E-state index contributed by atoms with van der Waals surface area (Å²) in [5.41, 5.74) is 0.765. The van der Waals surface area contributed by atoms with Crippen LogP contribution < -0.4 is 4.90 Å². The monoisotopic (exact) mass is 411 g/mol. The van der Waals surface area contributed by atoms with Gasteiger partial charge in [-0.05, 0) is 36.4 Å². The van der Waals surface area contributed by atoms with Crippen LogP contribution in [0.2, 0.25) is 0 Å². The highest BCUT2D eigenvalue weighted by Gasteiger charge is 2.43. The van der Waals surface area contributed by atoms with Crippen LogP contribution in [0.25, 0.3) is 0 Å². The van der Waals surface area contributed by atoms with Gasteiger partial charge in [-0.2, -0.15) is 0 Å². The summed E-state index contributed by atoms with van der Waals surface area (Å²) in [6.45, 7) is 1.88. The second-order valence-electron chi connectivity index (χ2n) is 7.13. The maximum Gasteiger partial charge on any atom is 0.337 e. The molecule has 4 rings (SSSR count). The summed E-state index contributed by atoms with van der Waals surface area (Å²) in [6, 6.07) is 8.89. The summed E-state index contributed by atoms with van der Waals surface area (Å²) in [7, 11) is 1.29. The van der Waals surface area contributed by atoms with E-state index in [0.29, 0.717) is 37.4 Å². The molecule has 0 bridgehead atoms. The van der Waals surface area contributed by atoms with Crippen LogP contribution in [0, 0.1) is 0 Å². The van der Waals surface area contributed by atoms with E-state index >= 15 is 0 Å². The van der Waals surface area contributed by atoms with Crippen molar-refractivity contribution in [2.75, 3.05) is 38.2 Å². The van der Waals surface area contributed by atoms with Crippen LogP contribution in [0.5, 0.6) is 0 Å². The van der Waals surface area contributed by atoms with Crippen molar-refractivity contribution in [3.63, 3.8) is 0 Å². The summed E-state index contributed by atoms with van der Waals surface area (Å²) >= 11 is 0. The molecular formula is C21H21N3O6. The van der Waals surface area contributed by atoms with E-state index in [1.165, 1.54) is 25.5 Å². The number of hydrogen-bond acceptors (Lipinski definition) is 7. The summed E-state index contributed by atoms with van der Waals surface area (Å²) < 4.78 is 9.82. The number of furan rings is 1. The number of imide groups is 1. The number of benzene rings is 1. The van der Waals surface area contributed by atoms with Gasteiger partial charge in [0.05, 0.1) is 37.1 Å². The Kier molecular flexibility index (Phi) is 5.37. The molecular weight excluding hydrogens is 390 g/mol. The van der Waals surface area contributed by atoms with Crippen LogP contribution in [-0.4, -0.2) is 72.8 Å². The standard InChI is InChI=1S/C21H21N3O6/c1-29-21(28)14-4-6-15(7-5-14)24-18(25)13-16(19(24)26)22-8-10-23(11-9-22)20(27)17-3-2-12-30-17/h2-7,12,16H,8-11,13H2,1H3/t16-/m0/s1. The maximum atomic E-state index is 13.0. The average molecular weight is 411 g/mol. The molecule has 0 aliphatic carbocycles. The molecule has 9 heteroatoms. The second kappa shape index (κ2) is 8.11. The van der Waals surface area contributed by atoms with Gasteiger partial charge in [0.25, 0.3) is 11.8 Å². The first kappa shape index (κ1) is 19.8. The summed E-state index contributed by atoms with van der Waals surface area (Å²) in [6.07, 6.45) is 1.54. The molecule has 0 unspecified atom stereocenters. The molecule has 0 N–H and O–H groups in total. The van der Waals surface area contributed by atoms with Crippen LogP contribution in [-0.2, 0) is 14.3 Å². The summed E-state index contributed by atoms with van der Waals surface area (Å²) in [4.78, 5) is 54.3. The van der Waals surface area contributed by atoms with E-state index in [9.17, 15) is 19.2 Å². The van der Waals surface area contributed by atoms with Gasteiger partial charge in [0, 0.05) is 26.2 Å². The van der Waals surface area contributed by atoms with Gasteiger partial charge in [-0.15, -0.1) is 0 Å². The van der Waals surface area contributed by atoms with E-state index in [2.05, 4.69) is 4.74 Å². The van der Waals surface area contributed by atoms with Gasteiger partial charge < -0.3 is 14.1 Å². The van der Waals surface area contributed by atoms with Crippen molar-refractivity contribution in [1.82, 2.24) is 9.80 Å². The van der Waals surface area contributed by atoms with E-state index in [4.69, 9.17) is 4.42 Å². The smallest absolute Gasteiger partial charge is 0.337 e. The van der Waals surface area contributed by atoms with Crippen molar-refractivity contribution in [2.45, 2.75) is 12.5 Å². The van der Waals surface area contributed by atoms with Crippen LogP contribution in [0.3, 0.4) is 0 Å². The normalized spacial score (nSPS) is 20.0. The zero-order valence-corrected chi connectivity index (χ0v) is 16.4. The highest BCUT2D eigenvalue weighted by atomic mass is 16.5. The Morgan fingerprint density at radius 3 is 2.33 bits per heavy atom. The molecule has 0 saturated carbocycles. The number of rotatable bonds is 4. The SMILES string of the molecule is COC(=O)c1ccc(N2C(=O)C[C@H](N3CCN(C(=O)c4ccco4)CC3)C2=O)cc1. The predicted octanol–water partition coefficient (Wildman–Crippen LogP) is 1.16. The molecule has 30 heavy (non-hydrogen) atoms. The van der Waals surface area contributed by atoms with E-state index in [-0.39, 0.29) is 29.9 Å². The van der Waals surface area contributed by atoms with Gasteiger partial charge in [0.15, 0.2) is 5.76 Å². The Labute approximate surface area is 172 Å². The van der Waals surface area contributed by atoms with Gasteiger partial charge in [-0.1, -0.05) is 0 Å². The molecule has 2 aromatic rings. The van der Waals surface area contributed by atoms with Crippen molar-refractivity contribution in [1.29, 1.82) is 0 Å². The molecule has 1 aromatic carbocycles. The largest absolute Gasteiger partial charge is 0.465 e. The lowest BCUT2D eigenvalue weighted by Gasteiger charge is -2.36. The lowest BCUT2D eigenvalue weighted by Crippen LogP contribution is -2.53. The minimum atomic E-state index is -0.557. The molecule has 3 heterocycles. The van der Waals surface area contributed by atoms with Gasteiger partial charge in [0.2, 0.25) is 5.91 Å². The highest BCUT2D eigenvalue weighted by Crippen LogP contribution is 2.27. The Morgan fingerprint density at radius 1 is 1.03 bits per heavy atom. The fourth-order valence-corrected chi connectivity index (χ4v) is 3.83. The minimum Gasteiger partial charge on any atom is -0.465 e. The number of esters is 1. The molecule has 1 aromatic heterocycles. The van der Waals surface area contributed by atoms with Crippen molar-refractivity contribution >= 4 is 29.4 Å². The zero-order valence-electron chi connectivity index (χ0n) is 16.4. The van der Waals surface area contributed by atoms with Gasteiger partial charge in [0.1, 0.15) is 0 Å². The molecule has 2 saturated heterocycles. The molecule has 2 fully saturated rings. The number of piperazine rings is 1. The van der Waals surface area contributed by atoms with Crippen molar-refractivity contribution < 1.29 is 28.3 Å². The van der Waals surface area contributed by atoms with Gasteiger partial charge in [-0.25, -0.2) is 9.69 Å². The Bertz CT molecular complexity index is 961.